The van der Waals surface area contributed by atoms with E-state index in [2.05, 4.69) is 0 Å². The van der Waals surface area contributed by atoms with Crippen molar-refractivity contribution in [2.24, 2.45) is 17.6 Å². The van der Waals surface area contributed by atoms with Crippen molar-refractivity contribution in [1.29, 1.82) is 0 Å². The lowest BCUT2D eigenvalue weighted by atomic mass is 9.78. The Balaban J connectivity index is 1.50. The number of likely N-dealkylation sites (N-methyl/N-ethyl adjacent to an activating group) is 1. The standard InChI is InChI=1S/C23H35N3O4/c1-25(2)19-11-17(23(28)29)12-20(13-19)30-14-15-7-9-16(10-8-15)21(24)22(27)26(3)18-5-4-6-18/h11-13,15-16,18,21H,4-10,14,24H2,1-3H3,(H,28,29)/t15?,16?,21-/m0/s1. The Labute approximate surface area is 179 Å². The number of hydrogen-bond acceptors (Lipinski definition) is 5. The summed E-state index contributed by atoms with van der Waals surface area (Å²) in [6, 6.07) is 5.04. The molecule has 3 rings (SSSR count). The molecule has 1 aromatic rings. The minimum absolute atomic E-state index is 0.0844. The highest BCUT2D eigenvalue weighted by Crippen LogP contribution is 2.33. The Hall–Kier alpha value is -2.28. The van der Waals surface area contributed by atoms with Crippen LogP contribution in [0.1, 0.15) is 55.3 Å². The summed E-state index contributed by atoms with van der Waals surface area (Å²) in [5.41, 5.74) is 7.35. The molecule has 0 aromatic heterocycles. The zero-order chi connectivity index (χ0) is 21.8. The quantitative estimate of drug-likeness (QED) is 0.675. The zero-order valence-corrected chi connectivity index (χ0v) is 18.3. The fraction of sp³-hybridized carbons (Fsp3) is 0.652. The van der Waals surface area contributed by atoms with E-state index in [4.69, 9.17) is 10.5 Å². The molecule has 2 fully saturated rings. The van der Waals surface area contributed by atoms with Gasteiger partial charge < -0.3 is 25.4 Å². The zero-order valence-electron chi connectivity index (χ0n) is 18.3. The summed E-state index contributed by atoms with van der Waals surface area (Å²) in [4.78, 5) is 27.8. The van der Waals surface area contributed by atoms with Crippen LogP contribution in [-0.4, -0.2) is 61.7 Å². The first-order chi connectivity index (χ1) is 14.3. The number of carboxylic acids is 1. The molecule has 1 amide bonds. The number of rotatable bonds is 8. The van der Waals surface area contributed by atoms with E-state index in [0.29, 0.717) is 24.3 Å². The van der Waals surface area contributed by atoms with Crippen LogP contribution in [-0.2, 0) is 4.79 Å². The van der Waals surface area contributed by atoms with Gasteiger partial charge in [0, 0.05) is 38.9 Å². The summed E-state index contributed by atoms with van der Waals surface area (Å²) in [6.07, 6.45) is 7.19. The first kappa shape index (κ1) is 22.4. The second-order valence-electron chi connectivity index (χ2n) is 9.07. The van der Waals surface area contributed by atoms with Gasteiger partial charge >= 0.3 is 5.97 Å². The van der Waals surface area contributed by atoms with Crippen molar-refractivity contribution < 1.29 is 19.4 Å². The molecular weight excluding hydrogens is 382 g/mol. The largest absolute Gasteiger partial charge is 0.493 e. The van der Waals surface area contributed by atoms with Crippen LogP contribution < -0.4 is 15.4 Å². The lowest BCUT2D eigenvalue weighted by Crippen LogP contribution is -2.52. The normalized spacial score (nSPS) is 22.7. The molecule has 1 aromatic carbocycles. The van der Waals surface area contributed by atoms with Crippen LogP contribution in [0.15, 0.2) is 18.2 Å². The van der Waals surface area contributed by atoms with Crippen LogP contribution in [0.2, 0.25) is 0 Å². The number of aromatic carboxylic acids is 1. The molecule has 0 aliphatic heterocycles. The van der Waals surface area contributed by atoms with Crippen molar-refractivity contribution in [3.8, 4) is 5.75 Å². The molecule has 30 heavy (non-hydrogen) atoms. The number of carbonyl (C=O) groups is 2. The summed E-state index contributed by atoms with van der Waals surface area (Å²) in [6.45, 7) is 0.549. The summed E-state index contributed by atoms with van der Waals surface area (Å²) >= 11 is 0. The third-order valence-electron chi connectivity index (χ3n) is 6.79. The molecule has 7 nitrogen and oxygen atoms in total. The molecule has 0 spiro atoms. The first-order valence-electron chi connectivity index (χ1n) is 11.0. The topological polar surface area (TPSA) is 96.1 Å². The van der Waals surface area contributed by atoms with Crippen molar-refractivity contribution in [3.63, 3.8) is 0 Å². The molecule has 7 heteroatoms. The van der Waals surface area contributed by atoms with E-state index in [9.17, 15) is 14.7 Å². The van der Waals surface area contributed by atoms with Crippen LogP contribution in [0.4, 0.5) is 5.69 Å². The van der Waals surface area contributed by atoms with E-state index in [1.807, 2.05) is 37.0 Å². The summed E-state index contributed by atoms with van der Waals surface area (Å²) in [5, 5.41) is 9.33. The first-order valence-corrected chi connectivity index (χ1v) is 11.0. The van der Waals surface area contributed by atoms with Crippen molar-refractivity contribution in [1.82, 2.24) is 4.90 Å². The van der Waals surface area contributed by atoms with Gasteiger partial charge in [0.05, 0.1) is 18.2 Å². The average Bonchev–Trinajstić information content (AvgIpc) is 2.69. The van der Waals surface area contributed by atoms with Crippen LogP contribution in [0, 0.1) is 11.8 Å². The number of hydrogen-bond donors (Lipinski definition) is 2. The Morgan fingerprint density at radius 2 is 1.77 bits per heavy atom. The minimum Gasteiger partial charge on any atom is -0.493 e. The molecule has 0 heterocycles. The fourth-order valence-electron chi connectivity index (χ4n) is 4.37. The maximum Gasteiger partial charge on any atom is 0.335 e. The Morgan fingerprint density at radius 1 is 1.10 bits per heavy atom. The highest BCUT2D eigenvalue weighted by atomic mass is 16.5. The van der Waals surface area contributed by atoms with Gasteiger partial charge in [0.25, 0.3) is 0 Å². The number of amides is 1. The van der Waals surface area contributed by atoms with Gasteiger partial charge in [-0.15, -0.1) is 0 Å². The van der Waals surface area contributed by atoms with Crippen LogP contribution in [0.5, 0.6) is 5.75 Å². The molecule has 1 atom stereocenters. The molecule has 2 aliphatic carbocycles. The van der Waals surface area contributed by atoms with Crippen molar-refractivity contribution in [3.05, 3.63) is 23.8 Å². The molecule has 3 N–H and O–H groups in total. The number of carbonyl (C=O) groups excluding carboxylic acids is 1. The van der Waals surface area contributed by atoms with Crippen molar-refractivity contribution in [2.45, 2.75) is 57.0 Å². The van der Waals surface area contributed by atoms with E-state index in [0.717, 1.165) is 44.2 Å². The summed E-state index contributed by atoms with van der Waals surface area (Å²) < 4.78 is 5.97. The predicted molar refractivity (Wildman–Crippen MR) is 117 cm³/mol. The third kappa shape index (κ3) is 5.25. The van der Waals surface area contributed by atoms with E-state index in [1.165, 1.54) is 6.42 Å². The molecular formula is C23H35N3O4. The van der Waals surface area contributed by atoms with E-state index in [1.54, 1.807) is 12.1 Å². The smallest absolute Gasteiger partial charge is 0.335 e. The number of carboxylic acid groups (broad SMARTS) is 1. The highest BCUT2D eigenvalue weighted by molar-refractivity contribution is 5.89. The van der Waals surface area contributed by atoms with Crippen molar-refractivity contribution >= 4 is 17.6 Å². The molecule has 2 aliphatic rings. The second-order valence-corrected chi connectivity index (χ2v) is 9.07. The Morgan fingerprint density at radius 3 is 2.30 bits per heavy atom. The van der Waals surface area contributed by atoms with E-state index >= 15 is 0 Å². The van der Waals surface area contributed by atoms with Gasteiger partial charge in [0.15, 0.2) is 0 Å². The Bertz CT molecular complexity index is 755. The van der Waals surface area contributed by atoms with Crippen LogP contribution in [0.3, 0.4) is 0 Å². The fourth-order valence-corrected chi connectivity index (χ4v) is 4.37. The number of anilines is 1. The molecule has 0 bridgehead atoms. The van der Waals surface area contributed by atoms with Gasteiger partial charge in [-0.3, -0.25) is 4.79 Å². The van der Waals surface area contributed by atoms with Gasteiger partial charge in [0.1, 0.15) is 5.75 Å². The predicted octanol–water partition coefficient (Wildman–Crippen LogP) is 2.97. The maximum atomic E-state index is 12.7. The molecule has 166 valence electrons. The van der Waals surface area contributed by atoms with Gasteiger partial charge in [-0.25, -0.2) is 4.79 Å². The van der Waals surface area contributed by atoms with Crippen molar-refractivity contribution in [2.75, 3.05) is 32.6 Å². The summed E-state index contributed by atoms with van der Waals surface area (Å²) in [5.74, 6) is 0.321. The van der Waals surface area contributed by atoms with Gasteiger partial charge in [0.2, 0.25) is 5.91 Å². The highest BCUT2D eigenvalue weighted by Gasteiger charge is 2.34. The lowest BCUT2D eigenvalue weighted by molar-refractivity contribution is -0.136. The van der Waals surface area contributed by atoms with E-state index in [-0.39, 0.29) is 17.4 Å². The number of nitrogens with two attached hydrogens (primary N) is 1. The average molecular weight is 418 g/mol. The van der Waals surface area contributed by atoms with Gasteiger partial charge in [-0.2, -0.15) is 0 Å². The number of ether oxygens (including phenoxy) is 1. The Kier molecular flexibility index (Phi) is 7.23. The van der Waals surface area contributed by atoms with E-state index < -0.39 is 12.0 Å². The molecule has 0 unspecified atom stereocenters. The molecule has 0 saturated heterocycles. The minimum atomic E-state index is -0.963. The second kappa shape index (κ2) is 9.69. The molecule has 0 radical (unpaired) electrons. The summed E-state index contributed by atoms with van der Waals surface area (Å²) in [7, 11) is 5.64. The lowest BCUT2D eigenvalue weighted by Gasteiger charge is -2.38. The monoisotopic (exact) mass is 417 g/mol. The van der Waals surface area contributed by atoms with Crippen LogP contribution >= 0.6 is 0 Å². The number of benzene rings is 1. The third-order valence-corrected chi connectivity index (χ3v) is 6.79. The van der Waals surface area contributed by atoms with Gasteiger partial charge in [-0.1, -0.05) is 0 Å². The number of nitrogens with zero attached hydrogens (tertiary/aromatic N) is 2. The van der Waals surface area contributed by atoms with Crippen LogP contribution in [0.25, 0.3) is 0 Å². The van der Waals surface area contributed by atoms with Gasteiger partial charge in [-0.05, 0) is 68.9 Å². The maximum absolute atomic E-state index is 12.7. The SMILES string of the molecule is CN(C)c1cc(OCC2CCC([C@H](N)C(=O)N(C)C3CCC3)CC2)cc(C(=O)O)c1. The molecule has 2 saturated carbocycles.